The second kappa shape index (κ2) is 8.24. The maximum atomic E-state index is 11.0. The molecule has 86 valence electrons. The molecule has 0 saturated carbocycles. The summed E-state index contributed by atoms with van der Waals surface area (Å²) in [6, 6.07) is 0. The van der Waals surface area contributed by atoms with Gasteiger partial charge in [0, 0.05) is 0 Å². The van der Waals surface area contributed by atoms with Gasteiger partial charge in [0.25, 0.3) is 0 Å². The molecule has 1 N–H and O–H groups in total. The van der Waals surface area contributed by atoms with E-state index in [1.807, 2.05) is 12.2 Å². The van der Waals surface area contributed by atoms with Crippen LogP contribution in [0.3, 0.4) is 0 Å². The number of carbonyl (C=O) groups excluding carboxylic acids is 1. The lowest BCUT2D eigenvalue weighted by molar-refractivity contribution is -0.150. The van der Waals surface area contributed by atoms with E-state index in [2.05, 4.69) is 18.6 Å². The Labute approximate surface area is 91.4 Å². The van der Waals surface area contributed by atoms with Crippen LogP contribution in [0.1, 0.15) is 27.2 Å². The van der Waals surface area contributed by atoms with Crippen LogP contribution in [-0.4, -0.2) is 23.8 Å². The van der Waals surface area contributed by atoms with E-state index in [0.717, 1.165) is 6.42 Å². The summed E-state index contributed by atoms with van der Waals surface area (Å²) in [5.74, 6) is 0.00985. The third-order valence-electron chi connectivity index (χ3n) is 1.68. The van der Waals surface area contributed by atoms with Crippen LogP contribution in [0.25, 0.3) is 0 Å². The van der Waals surface area contributed by atoms with E-state index >= 15 is 0 Å². The maximum absolute atomic E-state index is 11.0. The van der Waals surface area contributed by atoms with Gasteiger partial charge in [0.2, 0.25) is 0 Å². The predicted octanol–water partition coefficient (Wildman–Crippen LogP) is 2.07. The van der Waals surface area contributed by atoms with Gasteiger partial charge >= 0.3 is 5.97 Å². The lowest BCUT2D eigenvalue weighted by Crippen LogP contribution is -2.20. The zero-order valence-corrected chi connectivity index (χ0v) is 9.64. The highest BCUT2D eigenvalue weighted by Crippen LogP contribution is 2.00. The molecule has 0 aromatic rings. The predicted molar refractivity (Wildman–Crippen MR) is 60.4 cm³/mol. The molecule has 0 unspecified atom stereocenters. The standard InChI is InChI=1S/C12H20O3/c1-4-15-12(14)11(13)9-7-5-6-8-10(2)3/h5-7,9-11,13H,4,8H2,1-3H3/b6-5+,9-7+/t11-/m1/s1. The van der Waals surface area contributed by atoms with Crippen molar-refractivity contribution < 1.29 is 14.6 Å². The smallest absolute Gasteiger partial charge is 0.339 e. The van der Waals surface area contributed by atoms with Crippen LogP contribution in [0.2, 0.25) is 0 Å². The van der Waals surface area contributed by atoms with Crippen molar-refractivity contribution in [1.29, 1.82) is 0 Å². The number of allylic oxidation sites excluding steroid dienone is 3. The highest BCUT2D eigenvalue weighted by molar-refractivity contribution is 5.76. The van der Waals surface area contributed by atoms with Gasteiger partial charge in [-0.05, 0) is 25.3 Å². The van der Waals surface area contributed by atoms with Gasteiger partial charge in [0.1, 0.15) is 0 Å². The summed E-state index contributed by atoms with van der Waals surface area (Å²) in [6.07, 6.45) is 6.72. The number of ether oxygens (including phenoxy) is 1. The van der Waals surface area contributed by atoms with Crippen LogP contribution < -0.4 is 0 Å². The topological polar surface area (TPSA) is 46.5 Å². The SMILES string of the molecule is CCOC(=O)[C@H](O)/C=C/C=C/CC(C)C. The third-order valence-corrected chi connectivity index (χ3v) is 1.68. The molecule has 0 radical (unpaired) electrons. The molecular formula is C12H20O3. The molecule has 0 spiro atoms. The Morgan fingerprint density at radius 3 is 2.60 bits per heavy atom. The molecular weight excluding hydrogens is 192 g/mol. The van der Waals surface area contributed by atoms with Crippen molar-refractivity contribution in [2.45, 2.75) is 33.3 Å². The summed E-state index contributed by atoms with van der Waals surface area (Å²) in [5, 5.41) is 9.26. The second-order valence-electron chi connectivity index (χ2n) is 3.64. The molecule has 15 heavy (non-hydrogen) atoms. The van der Waals surface area contributed by atoms with Gasteiger partial charge in [-0.1, -0.05) is 32.1 Å². The van der Waals surface area contributed by atoms with Crippen LogP contribution in [0.15, 0.2) is 24.3 Å². The van der Waals surface area contributed by atoms with Crippen molar-refractivity contribution in [3.05, 3.63) is 24.3 Å². The number of carbonyl (C=O) groups is 1. The summed E-state index contributed by atoms with van der Waals surface area (Å²) in [7, 11) is 0. The molecule has 3 heteroatoms. The summed E-state index contributed by atoms with van der Waals surface area (Å²) in [6.45, 7) is 6.24. The molecule has 0 saturated heterocycles. The first kappa shape index (κ1) is 13.9. The first-order valence-corrected chi connectivity index (χ1v) is 5.26. The van der Waals surface area contributed by atoms with Crippen LogP contribution >= 0.6 is 0 Å². The maximum Gasteiger partial charge on any atom is 0.339 e. The van der Waals surface area contributed by atoms with E-state index < -0.39 is 12.1 Å². The quantitative estimate of drug-likeness (QED) is 0.541. The molecule has 0 aromatic carbocycles. The third kappa shape index (κ3) is 7.94. The molecule has 0 aliphatic rings. The van der Waals surface area contributed by atoms with E-state index in [4.69, 9.17) is 0 Å². The molecule has 0 amide bonds. The fourth-order valence-corrected chi connectivity index (χ4v) is 0.905. The Morgan fingerprint density at radius 1 is 1.40 bits per heavy atom. The summed E-state index contributed by atoms with van der Waals surface area (Å²) in [4.78, 5) is 11.0. The number of aliphatic hydroxyl groups is 1. The number of esters is 1. The molecule has 0 heterocycles. The van der Waals surface area contributed by atoms with Crippen molar-refractivity contribution in [3.63, 3.8) is 0 Å². The van der Waals surface area contributed by atoms with Gasteiger partial charge in [0.05, 0.1) is 6.61 Å². The first-order chi connectivity index (χ1) is 7.07. The van der Waals surface area contributed by atoms with Crippen LogP contribution in [0.5, 0.6) is 0 Å². The molecule has 0 aliphatic carbocycles. The van der Waals surface area contributed by atoms with Gasteiger partial charge in [-0.25, -0.2) is 4.79 Å². The van der Waals surface area contributed by atoms with Gasteiger partial charge in [0.15, 0.2) is 6.10 Å². The Hall–Kier alpha value is -1.09. The average molecular weight is 212 g/mol. The molecule has 0 rings (SSSR count). The van der Waals surface area contributed by atoms with Gasteiger partial charge in [-0.15, -0.1) is 0 Å². The van der Waals surface area contributed by atoms with Crippen molar-refractivity contribution in [1.82, 2.24) is 0 Å². The molecule has 0 aliphatic heterocycles. The minimum atomic E-state index is -1.16. The molecule has 0 fully saturated rings. The number of hydrogen-bond donors (Lipinski definition) is 1. The number of rotatable bonds is 6. The second-order valence-corrected chi connectivity index (χ2v) is 3.64. The Morgan fingerprint density at radius 2 is 2.07 bits per heavy atom. The number of hydrogen-bond acceptors (Lipinski definition) is 3. The van der Waals surface area contributed by atoms with Crippen LogP contribution in [0, 0.1) is 5.92 Å². The Kier molecular flexibility index (Phi) is 7.64. The fraction of sp³-hybridized carbons (Fsp3) is 0.583. The van der Waals surface area contributed by atoms with E-state index in [1.54, 1.807) is 13.0 Å². The molecule has 1 atom stereocenters. The largest absolute Gasteiger partial charge is 0.464 e. The van der Waals surface area contributed by atoms with Crippen molar-refractivity contribution in [3.8, 4) is 0 Å². The number of aliphatic hydroxyl groups excluding tert-OH is 1. The van der Waals surface area contributed by atoms with Gasteiger partial charge < -0.3 is 9.84 Å². The van der Waals surface area contributed by atoms with Gasteiger partial charge in [-0.3, -0.25) is 0 Å². The van der Waals surface area contributed by atoms with E-state index in [-0.39, 0.29) is 6.61 Å². The van der Waals surface area contributed by atoms with E-state index in [0.29, 0.717) is 5.92 Å². The van der Waals surface area contributed by atoms with Crippen LogP contribution in [-0.2, 0) is 9.53 Å². The van der Waals surface area contributed by atoms with Crippen molar-refractivity contribution in [2.75, 3.05) is 6.61 Å². The average Bonchev–Trinajstić information content (AvgIpc) is 2.16. The van der Waals surface area contributed by atoms with E-state index in [1.165, 1.54) is 6.08 Å². The summed E-state index contributed by atoms with van der Waals surface area (Å²) in [5.41, 5.74) is 0. The minimum absolute atomic E-state index is 0.285. The van der Waals surface area contributed by atoms with Crippen LogP contribution in [0.4, 0.5) is 0 Å². The molecule has 3 nitrogen and oxygen atoms in total. The summed E-state index contributed by atoms with van der Waals surface area (Å²) >= 11 is 0. The lowest BCUT2D eigenvalue weighted by atomic mass is 10.1. The zero-order chi connectivity index (χ0) is 11.7. The highest BCUT2D eigenvalue weighted by atomic mass is 16.5. The highest BCUT2D eigenvalue weighted by Gasteiger charge is 2.10. The molecule has 0 aromatic heterocycles. The zero-order valence-electron chi connectivity index (χ0n) is 9.64. The van der Waals surface area contributed by atoms with E-state index in [9.17, 15) is 9.90 Å². The minimum Gasteiger partial charge on any atom is -0.464 e. The monoisotopic (exact) mass is 212 g/mol. The van der Waals surface area contributed by atoms with Gasteiger partial charge in [-0.2, -0.15) is 0 Å². The molecule has 0 bridgehead atoms. The summed E-state index contributed by atoms with van der Waals surface area (Å²) < 4.78 is 4.63. The fourth-order valence-electron chi connectivity index (χ4n) is 0.905. The first-order valence-electron chi connectivity index (χ1n) is 5.26. The Bertz CT molecular complexity index is 229. The van der Waals surface area contributed by atoms with Crippen molar-refractivity contribution >= 4 is 5.97 Å². The lowest BCUT2D eigenvalue weighted by Gasteiger charge is -2.03. The van der Waals surface area contributed by atoms with Crippen molar-refractivity contribution in [2.24, 2.45) is 5.92 Å². The normalized spacial score (nSPS) is 13.9. The Balaban J connectivity index is 3.85.